The maximum atomic E-state index is 12.9. The number of ether oxygens (including phenoxy) is 1. The molecule has 1 aromatic carbocycles. The van der Waals surface area contributed by atoms with Crippen molar-refractivity contribution in [1.82, 2.24) is 25.0 Å². The van der Waals surface area contributed by atoms with Crippen LogP contribution in [0.1, 0.15) is 62.3 Å². The third-order valence-electron chi connectivity index (χ3n) is 7.42. The Bertz CT molecular complexity index is 1460. The quantitative estimate of drug-likeness (QED) is 0.433. The molecule has 0 radical (unpaired) electrons. The third-order valence-corrected chi connectivity index (χ3v) is 7.42. The molecule has 1 aliphatic rings. The highest BCUT2D eigenvalue weighted by molar-refractivity contribution is 5.91. The van der Waals surface area contributed by atoms with Gasteiger partial charge in [-0.3, -0.25) is 9.63 Å². The summed E-state index contributed by atoms with van der Waals surface area (Å²) >= 11 is 0. The SMILES string of the molecule is CCC1(CNC(=O)OC(C)(C)C)CCN(c2c(-c3ccccc3)c(C)c(C#N)c3nc(C(=O)N(C)OC)nn23)C1. The average molecular weight is 548 g/mol. The van der Waals surface area contributed by atoms with E-state index < -0.39 is 17.6 Å². The van der Waals surface area contributed by atoms with Crippen molar-refractivity contribution < 1.29 is 19.2 Å². The van der Waals surface area contributed by atoms with Gasteiger partial charge in [0.2, 0.25) is 5.82 Å². The number of nitriles is 1. The van der Waals surface area contributed by atoms with Crippen LogP contribution in [0, 0.1) is 23.7 Å². The fraction of sp³-hybridized carbons (Fsp3) is 0.483. The van der Waals surface area contributed by atoms with Gasteiger partial charge in [0.1, 0.15) is 23.1 Å². The van der Waals surface area contributed by atoms with Crippen molar-refractivity contribution in [2.24, 2.45) is 5.41 Å². The van der Waals surface area contributed by atoms with Gasteiger partial charge in [-0.05, 0) is 51.7 Å². The number of carbonyl (C=O) groups excluding carboxylic acids is 2. The van der Waals surface area contributed by atoms with E-state index >= 15 is 0 Å². The fourth-order valence-electron chi connectivity index (χ4n) is 5.13. The Labute approximate surface area is 234 Å². The number of alkyl carbamates (subject to hydrolysis) is 1. The minimum atomic E-state index is -0.583. The normalized spacial score (nSPS) is 17.1. The molecule has 212 valence electrons. The summed E-state index contributed by atoms with van der Waals surface area (Å²) in [6.07, 6.45) is 1.21. The van der Waals surface area contributed by atoms with Crippen LogP contribution in [-0.2, 0) is 9.57 Å². The number of carbonyl (C=O) groups is 2. The molecule has 1 N–H and O–H groups in total. The molecule has 2 aromatic heterocycles. The van der Waals surface area contributed by atoms with Gasteiger partial charge < -0.3 is 15.0 Å². The molecule has 0 bridgehead atoms. The molecule has 1 aliphatic heterocycles. The number of pyridine rings is 1. The van der Waals surface area contributed by atoms with Crippen molar-refractivity contribution in [3.05, 3.63) is 47.3 Å². The average Bonchev–Trinajstić information content (AvgIpc) is 3.55. The van der Waals surface area contributed by atoms with Gasteiger partial charge in [0.05, 0.1) is 7.11 Å². The van der Waals surface area contributed by atoms with Crippen molar-refractivity contribution in [3.63, 3.8) is 0 Å². The van der Waals surface area contributed by atoms with Crippen LogP contribution < -0.4 is 10.2 Å². The van der Waals surface area contributed by atoms with Gasteiger partial charge in [-0.25, -0.2) is 14.8 Å². The Morgan fingerprint density at radius 3 is 2.55 bits per heavy atom. The van der Waals surface area contributed by atoms with Gasteiger partial charge in [0.25, 0.3) is 0 Å². The molecule has 3 aromatic rings. The van der Waals surface area contributed by atoms with Gasteiger partial charge in [0.15, 0.2) is 5.65 Å². The summed E-state index contributed by atoms with van der Waals surface area (Å²) in [4.78, 5) is 37.1. The van der Waals surface area contributed by atoms with Crippen LogP contribution in [0.2, 0.25) is 0 Å². The van der Waals surface area contributed by atoms with Crippen LogP contribution in [-0.4, -0.2) is 71.1 Å². The van der Waals surface area contributed by atoms with Crippen LogP contribution in [0.15, 0.2) is 30.3 Å². The van der Waals surface area contributed by atoms with Crippen LogP contribution in [0.4, 0.5) is 10.6 Å². The molecular formula is C29H37N7O4. The van der Waals surface area contributed by atoms with E-state index in [1.165, 1.54) is 14.2 Å². The van der Waals surface area contributed by atoms with Gasteiger partial charge >= 0.3 is 12.0 Å². The first kappa shape index (κ1) is 28.8. The van der Waals surface area contributed by atoms with Gasteiger partial charge in [0, 0.05) is 37.7 Å². The molecule has 2 amide bonds. The summed E-state index contributed by atoms with van der Waals surface area (Å²) in [5.74, 6) is 0.155. The molecule has 1 saturated heterocycles. The first-order valence-electron chi connectivity index (χ1n) is 13.4. The number of aromatic nitrogens is 3. The van der Waals surface area contributed by atoms with Crippen molar-refractivity contribution in [2.75, 3.05) is 38.7 Å². The summed E-state index contributed by atoms with van der Waals surface area (Å²) in [5.41, 5.74) is 2.38. The van der Waals surface area contributed by atoms with E-state index in [-0.39, 0.29) is 11.2 Å². The Kier molecular flexibility index (Phi) is 8.03. The topological polar surface area (TPSA) is 125 Å². The predicted octanol–water partition coefficient (Wildman–Crippen LogP) is 4.34. The second-order valence-electron chi connectivity index (χ2n) is 11.2. The van der Waals surface area contributed by atoms with Crippen LogP contribution in [0.25, 0.3) is 16.8 Å². The zero-order valence-electron chi connectivity index (χ0n) is 24.2. The van der Waals surface area contributed by atoms with Crippen LogP contribution >= 0.6 is 0 Å². The van der Waals surface area contributed by atoms with Gasteiger partial charge in [-0.2, -0.15) is 9.78 Å². The molecule has 0 saturated carbocycles. The number of amides is 2. The molecule has 0 aliphatic carbocycles. The van der Waals surface area contributed by atoms with Gasteiger partial charge in [-0.1, -0.05) is 37.3 Å². The van der Waals surface area contributed by atoms with E-state index in [4.69, 9.17) is 9.57 Å². The molecule has 11 heteroatoms. The smallest absolute Gasteiger partial charge is 0.407 e. The Morgan fingerprint density at radius 2 is 1.95 bits per heavy atom. The molecule has 11 nitrogen and oxygen atoms in total. The summed E-state index contributed by atoms with van der Waals surface area (Å²) in [6.45, 7) is 11.3. The third kappa shape index (κ3) is 5.58. The largest absolute Gasteiger partial charge is 0.444 e. The molecular weight excluding hydrogens is 510 g/mol. The minimum absolute atomic E-state index is 0.0701. The maximum Gasteiger partial charge on any atom is 0.407 e. The maximum absolute atomic E-state index is 12.9. The first-order chi connectivity index (χ1) is 18.9. The first-order valence-corrected chi connectivity index (χ1v) is 13.4. The van der Waals surface area contributed by atoms with Crippen molar-refractivity contribution in [3.8, 4) is 17.2 Å². The van der Waals surface area contributed by atoms with Crippen LogP contribution in [0.5, 0.6) is 0 Å². The number of hydroxylamine groups is 2. The zero-order valence-corrected chi connectivity index (χ0v) is 24.2. The highest BCUT2D eigenvalue weighted by Gasteiger charge is 2.40. The molecule has 0 spiro atoms. The second-order valence-corrected chi connectivity index (χ2v) is 11.2. The zero-order chi connectivity index (χ0) is 29.2. The number of anilines is 1. The van der Waals surface area contributed by atoms with E-state index in [2.05, 4.69) is 33.3 Å². The van der Waals surface area contributed by atoms with Crippen molar-refractivity contribution in [2.45, 2.75) is 53.1 Å². The predicted molar refractivity (Wildman–Crippen MR) is 151 cm³/mol. The number of nitrogens with one attached hydrogen (secondary N) is 1. The monoisotopic (exact) mass is 547 g/mol. The lowest BCUT2D eigenvalue weighted by Gasteiger charge is -2.30. The standard InChI is InChI=1S/C29H37N7O4/c1-8-29(17-31-27(38)40-28(3,4)5)14-15-35(18-29)25-22(20-12-10-9-11-13-20)19(2)21(16-30)24-32-23(33-36(24)25)26(37)34(6)39-7/h9-13H,8,14-15,17-18H2,1-7H3,(H,31,38). The van der Waals surface area contributed by atoms with Crippen molar-refractivity contribution in [1.29, 1.82) is 5.26 Å². The second kappa shape index (κ2) is 11.1. The van der Waals surface area contributed by atoms with E-state index in [1.54, 1.807) is 4.52 Å². The molecule has 1 fully saturated rings. The lowest BCUT2D eigenvalue weighted by atomic mass is 9.84. The highest BCUT2D eigenvalue weighted by atomic mass is 16.7. The Hall–Kier alpha value is -4.17. The number of benzene rings is 1. The van der Waals surface area contributed by atoms with E-state index in [0.29, 0.717) is 30.8 Å². The fourth-order valence-corrected chi connectivity index (χ4v) is 5.13. The van der Waals surface area contributed by atoms with Crippen molar-refractivity contribution >= 4 is 23.5 Å². The van der Waals surface area contributed by atoms with E-state index in [9.17, 15) is 14.9 Å². The lowest BCUT2D eigenvalue weighted by molar-refractivity contribution is -0.0764. The Balaban J connectivity index is 1.83. The molecule has 40 heavy (non-hydrogen) atoms. The van der Waals surface area contributed by atoms with Crippen LogP contribution in [0.3, 0.4) is 0 Å². The molecule has 1 atom stereocenters. The molecule has 3 heterocycles. The summed E-state index contributed by atoms with van der Waals surface area (Å²) in [7, 11) is 2.87. The lowest BCUT2D eigenvalue weighted by Crippen LogP contribution is -2.41. The molecule has 1 unspecified atom stereocenters. The Morgan fingerprint density at radius 1 is 1.25 bits per heavy atom. The molecule has 4 rings (SSSR count). The number of rotatable bonds is 7. The number of hydrogen-bond acceptors (Lipinski definition) is 8. The van der Waals surface area contributed by atoms with Gasteiger partial charge in [-0.15, -0.1) is 5.10 Å². The summed E-state index contributed by atoms with van der Waals surface area (Å²) in [6, 6.07) is 12.1. The highest BCUT2D eigenvalue weighted by Crippen LogP contribution is 2.42. The number of nitrogens with zero attached hydrogens (tertiary/aromatic N) is 6. The van der Waals surface area contributed by atoms with E-state index in [0.717, 1.165) is 40.4 Å². The van der Waals surface area contributed by atoms with E-state index in [1.807, 2.05) is 58.0 Å². The number of hydrogen-bond donors (Lipinski definition) is 1. The summed E-state index contributed by atoms with van der Waals surface area (Å²) in [5, 5.41) is 18.8. The number of fused-ring (bicyclic) bond motifs is 1. The minimum Gasteiger partial charge on any atom is -0.444 e. The summed E-state index contributed by atoms with van der Waals surface area (Å²) < 4.78 is 7.07.